The molecule has 62 valence electrons. The fourth-order valence-electron chi connectivity index (χ4n) is 0.734. The standard InChI is InChI=1S/C7H9FN2.ClH/c1-5-4-6(10-9)2-3-7(5)8;/h2-4,10H,9H2,1H3;1H. The second-order valence-corrected chi connectivity index (χ2v) is 2.11. The maximum atomic E-state index is 12.6. The van der Waals surface area contributed by atoms with Gasteiger partial charge in [-0.05, 0) is 30.7 Å². The third-order valence-electron chi connectivity index (χ3n) is 1.32. The first-order chi connectivity index (χ1) is 4.74. The topological polar surface area (TPSA) is 38.0 Å². The molecular weight excluding hydrogens is 167 g/mol. The second-order valence-electron chi connectivity index (χ2n) is 2.11. The maximum Gasteiger partial charge on any atom is 0.126 e. The molecule has 4 heteroatoms. The molecule has 1 aromatic carbocycles. The summed E-state index contributed by atoms with van der Waals surface area (Å²) in [6, 6.07) is 4.61. The number of hydrogen-bond donors (Lipinski definition) is 2. The van der Waals surface area contributed by atoms with Crippen LogP contribution in [-0.4, -0.2) is 0 Å². The Balaban J connectivity index is 0.000001000. The fraction of sp³-hybridized carbons (Fsp3) is 0.143. The molecule has 0 fully saturated rings. The number of nitrogens with one attached hydrogen (secondary N) is 1. The summed E-state index contributed by atoms with van der Waals surface area (Å²) in [6.07, 6.45) is 0. The summed E-state index contributed by atoms with van der Waals surface area (Å²) in [5.41, 5.74) is 3.74. The van der Waals surface area contributed by atoms with Gasteiger partial charge in [-0.3, -0.25) is 5.84 Å². The van der Waals surface area contributed by atoms with E-state index in [1.165, 1.54) is 6.07 Å². The molecule has 11 heavy (non-hydrogen) atoms. The lowest BCUT2D eigenvalue weighted by molar-refractivity contribution is 0.619. The van der Waals surface area contributed by atoms with E-state index in [0.717, 1.165) is 5.69 Å². The molecule has 0 spiro atoms. The largest absolute Gasteiger partial charge is 0.324 e. The van der Waals surface area contributed by atoms with Gasteiger partial charge in [-0.15, -0.1) is 12.4 Å². The van der Waals surface area contributed by atoms with Crippen LogP contribution in [0.4, 0.5) is 10.1 Å². The molecule has 0 radical (unpaired) electrons. The Labute approximate surface area is 71.0 Å². The maximum absolute atomic E-state index is 12.6. The van der Waals surface area contributed by atoms with Crippen molar-refractivity contribution in [2.45, 2.75) is 6.92 Å². The van der Waals surface area contributed by atoms with Gasteiger partial charge in [-0.2, -0.15) is 0 Å². The van der Waals surface area contributed by atoms with Gasteiger partial charge in [-0.25, -0.2) is 4.39 Å². The molecule has 0 amide bonds. The lowest BCUT2D eigenvalue weighted by atomic mass is 10.2. The molecule has 0 aliphatic heterocycles. The summed E-state index contributed by atoms with van der Waals surface area (Å²) in [5.74, 6) is 4.89. The van der Waals surface area contributed by atoms with Gasteiger partial charge >= 0.3 is 0 Å². The van der Waals surface area contributed by atoms with E-state index < -0.39 is 0 Å². The van der Waals surface area contributed by atoms with Crippen LogP contribution in [0.3, 0.4) is 0 Å². The first-order valence-corrected chi connectivity index (χ1v) is 2.97. The van der Waals surface area contributed by atoms with Crippen LogP contribution in [0, 0.1) is 12.7 Å². The summed E-state index contributed by atoms with van der Waals surface area (Å²) in [7, 11) is 0. The van der Waals surface area contributed by atoms with Crippen molar-refractivity contribution in [2.24, 2.45) is 5.84 Å². The third kappa shape index (κ3) is 2.37. The number of nitrogens with two attached hydrogens (primary N) is 1. The zero-order valence-electron chi connectivity index (χ0n) is 6.10. The van der Waals surface area contributed by atoms with E-state index in [1.54, 1.807) is 19.1 Å². The summed E-state index contributed by atoms with van der Waals surface area (Å²) < 4.78 is 12.6. The van der Waals surface area contributed by atoms with Gasteiger partial charge in [0, 0.05) is 5.69 Å². The van der Waals surface area contributed by atoms with E-state index in [9.17, 15) is 4.39 Å². The van der Waals surface area contributed by atoms with Crippen molar-refractivity contribution < 1.29 is 4.39 Å². The smallest absolute Gasteiger partial charge is 0.126 e. The molecule has 0 atom stereocenters. The van der Waals surface area contributed by atoms with Crippen LogP contribution in [0.25, 0.3) is 0 Å². The fourth-order valence-corrected chi connectivity index (χ4v) is 0.734. The number of hydrazine groups is 1. The van der Waals surface area contributed by atoms with Crippen LogP contribution in [0.15, 0.2) is 18.2 Å². The Hall–Kier alpha value is -0.800. The van der Waals surface area contributed by atoms with Crippen LogP contribution in [0.1, 0.15) is 5.56 Å². The first kappa shape index (κ1) is 10.2. The molecule has 0 unspecified atom stereocenters. The molecule has 0 aliphatic rings. The van der Waals surface area contributed by atoms with E-state index in [-0.39, 0.29) is 18.2 Å². The predicted molar refractivity (Wildman–Crippen MR) is 46.2 cm³/mol. The third-order valence-corrected chi connectivity index (χ3v) is 1.32. The number of benzene rings is 1. The highest BCUT2D eigenvalue weighted by atomic mass is 35.5. The normalized spacial score (nSPS) is 8.64. The van der Waals surface area contributed by atoms with Crippen LogP contribution in [0.5, 0.6) is 0 Å². The SMILES string of the molecule is Cc1cc(NN)ccc1F.Cl. The number of rotatable bonds is 1. The van der Waals surface area contributed by atoms with Gasteiger partial charge in [-0.1, -0.05) is 0 Å². The molecule has 1 aromatic rings. The van der Waals surface area contributed by atoms with Gasteiger partial charge in [0.2, 0.25) is 0 Å². The average molecular weight is 177 g/mol. The van der Waals surface area contributed by atoms with Crippen molar-refractivity contribution in [3.05, 3.63) is 29.6 Å². The van der Waals surface area contributed by atoms with Crippen molar-refractivity contribution >= 4 is 18.1 Å². The van der Waals surface area contributed by atoms with Crippen LogP contribution in [-0.2, 0) is 0 Å². The Morgan fingerprint density at radius 3 is 2.55 bits per heavy atom. The highest BCUT2D eigenvalue weighted by Crippen LogP contribution is 2.11. The summed E-state index contributed by atoms with van der Waals surface area (Å²) in [6.45, 7) is 1.69. The highest BCUT2D eigenvalue weighted by molar-refractivity contribution is 5.85. The van der Waals surface area contributed by atoms with E-state index in [4.69, 9.17) is 5.84 Å². The Morgan fingerprint density at radius 1 is 1.45 bits per heavy atom. The molecule has 0 heterocycles. The number of aryl methyl sites for hydroxylation is 1. The minimum atomic E-state index is -0.209. The molecule has 0 saturated carbocycles. The van der Waals surface area contributed by atoms with Gasteiger partial charge in [0.15, 0.2) is 0 Å². The Morgan fingerprint density at radius 2 is 2.09 bits per heavy atom. The lowest BCUT2D eigenvalue weighted by Crippen LogP contribution is -2.06. The molecular formula is C7H10ClFN2. The lowest BCUT2D eigenvalue weighted by Gasteiger charge is -2.00. The molecule has 3 N–H and O–H groups in total. The Kier molecular flexibility index (Phi) is 3.85. The van der Waals surface area contributed by atoms with Crippen molar-refractivity contribution in [3.63, 3.8) is 0 Å². The number of halogens is 2. The van der Waals surface area contributed by atoms with E-state index >= 15 is 0 Å². The van der Waals surface area contributed by atoms with Crippen LogP contribution >= 0.6 is 12.4 Å². The van der Waals surface area contributed by atoms with Gasteiger partial charge < -0.3 is 5.43 Å². The molecule has 1 rings (SSSR count). The van der Waals surface area contributed by atoms with E-state index in [2.05, 4.69) is 5.43 Å². The van der Waals surface area contributed by atoms with Crippen LogP contribution in [0.2, 0.25) is 0 Å². The molecule has 0 aliphatic carbocycles. The molecule has 0 bridgehead atoms. The van der Waals surface area contributed by atoms with Crippen molar-refractivity contribution in [3.8, 4) is 0 Å². The molecule has 0 saturated heterocycles. The van der Waals surface area contributed by atoms with E-state index in [0.29, 0.717) is 5.56 Å². The summed E-state index contributed by atoms with van der Waals surface area (Å²) in [5, 5.41) is 0. The minimum absolute atomic E-state index is 0. The Bertz CT molecular complexity index is 240. The van der Waals surface area contributed by atoms with Crippen molar-refractivity contribution in [1.29, 1.82) is 0 Å². The predicted octanol–water partition coefficient (Wildman–Crippen LogP) is 1.84. The van der Waals surface area contributed by atoms with Gasteiger partial charge in [0.1, 0.15) is 5.82 Å². The summed E-state index contributed by atoms with van der Waals surface area (Å²) >= 11 is 0. The number of nitrogen functional groups attached to an aromatic ring is 1. The van der Waals surface area contributed by atoms with Crippen molar-refractivity contribution in [2.75, 3.05) is 5.43 Å². The molecule has 2 nitrogen and oxygen atoms in total. The van der Waals surface area contributed by atoms with Crippen LogP contribution < -0.4 is 11.3 Å². The van der Waals surface area contributed by atoms with Crippen molar-refractivity contribution in [1.82, 2.24) is 0 Å². The van der Waals surface area contributed by atoms with E-state index in [1.807, 2.05) is 0 Å². The quantitative estimate of drug-likeness (QED) is 0.506. The number of anilines is 1. The zero-order chi connectivity index (χ0) is 7.56. The first-order valence-electron chi connectivity index (χ1n) is 2.97. The van der Waals surface area contributed by atoms with Gasteiger partial charge in [0.05, 0.1) is 0 Å². The minimum Gasteiger partial charge on any atom is -0.324 e. The van der Waals surface area contributed by atoms with Gasteiger partial charge in [0.25, 0.3) is 0 Å². The highest BCUT2D eigenvalue weighted by Gasteiger charge is 1.95. The number of hydrogen-bond acceptors (Lipinski definition) is 2. The molecule has 0 aromatic heterocycles. The second kappa shape index (κ2) is 4.16. The zero-order valence-corrected chi connectivity index (χ0v) is 6.91. The summed E-state index contributed by atoms with van der Waals surface area (Å²) in [4.78, 5) is 0. The monoisotopic (exact) mass is 176 g/mol. The average Bonchev–Trinajstić information content (AvgIpc) is 1.95.